The molecule has 0 aliphatic carbocycles. The van der Waals surface area contributed by atoms with E-state index in [4.69, 9.17) is 4.99 Å². The molecule has 2 unspecified atom stereocenters. The van der Waals surface area contributed by atoms with Crippen LogP contribution in [0.1, 0.15) is 58.9 Å². The number of nitrogens with zero attached hydrogens (tertiary/aromatic N) is 2. The van der Waals surface area contributed by atoms with Crippen molar-refractivity contribution in [3.05, 3.63) is 35.9 Å². The third-order valence-corrected chi connectivity index (χ3v) is 5.81. The fraction of sp³-hybridized carbons (Fsp3) is 0.696. The summed E-state index contributed by atoms with van der Waals surface area (Å²) in [5, 5.41) is 10.7. The molecule has 0 amide bonds. The van der Waals surface area contributed by atoms with Crippen molar-refractivity contribution in [2.24, 2.45) is 4.99 Å². The van der Waals surface area contributed by atoms with Crippen LogP contribution >= 0.6 is 0 Å². The molecule has 156 valence electrons. The fourth-order valence-corrected chi connectivity index (χ4v) is 4.56. The molecule has 0 spiro atoms. The maximum atomic E-state index is 4.79. The van der Waals surface area contributed by atoms with Gasteiger partial charge in [-0.05, 0) is 58.9 Å². The van der Waals surface area contributed by atoms with Crippen molar-refractivity contribution in [2.75, 3.05) is 19.6 Å². The van der Waals surface area contributed by atoms with Gasteiger partial charge in [0.15, 0.2) is 5.96 Å². The second-order valence-corrected chi connectivity index (χ2v) is 9.29. The van der Waals surface area contributed by atoms with E-state index >= 15 is 0 Å². The summed E-state index contributed by atoms with van der Waals surface area (Å²) in [5.41, 5.74) is 1.58. The first-order valence-electron chi connectivity index (χ1n) is 11.0. The van der Waals surface area contributed by atoms with E-state index in [1.807, 2.05) is 0 Å². The average molecular weight is 386 g/mol. The number of piperidine rings is 1. The van der Waals surface area contributed by atoms with Gasteiger partial charge in [0.25, 0.3) is 0 Å². The molecule has 2 fully saturated rings. The molecule has 2 atom stereocenters. The minimum Gasteiger partial charge on any atom is -0.357 e. The van der Waals surface area contributed by atoms with Gasteiger partial charge in [-0.15, -0.1) is 0 Å². The molecule has 0 aromatic heterocycles. The number of hydrogen-bond acceptors (Lipinski definition) is 3. The summed E-state index contributed by atoms with van der Waals surface area (Å²) in [6.45, 7) is 12.4. The van der Waals surface area contributed by atoms with Crippen LogP contribution in [-0.2, 0) is 6.54 Å². The van der Waals surface area contributed by atoms with Crippen LogP contribution < -0.4 is 16.0 Å². The fourth-order valence-electron chi connectivity index (χ4n) is 4.56. The first-order valence-corrected chi connectivity index (χ1v) is 11.0. The zero-order valence-electron chi connectivity index (χ0n) is 18.2. The van der Waals surface area contributed by atoms with Crippen LogP contribution in [0.5, 0.6) is 0 Å². The second kappa shape index (κ2) is 9.75. The monoisotopic (exact) mass is 385 g/mol. The lowest BCUT2D eigenvalue weighted by Gasteiger charge is -2.39. The quantitative estimate of drug-likeness (QED) is 0.383. The molecular weight excluding hydrogens is 346 g/mol. The van der Waals surface area contributed by atoms with Crippen LogP contribution in [0.25, 0.3) is 0 Å². The first-order chi connectivity index (χ1) is 13.4. The molecular formula is C23H39N5. The van der Waals surface area contributed by atoms with Crippen molar-refractivity contribution in [3.63, 3.8) is 0 Å². The first kappa shape index (κ1) is 21.1. The Bertz CT molecular complexity index is 608. The van der Waals surface area contributed by atoms with E-state index < -0.39 is 0 Å². The van der Waals surface area contributed by atoms with Crippen LogP contribution in [0, 0.1) is 0 Å². The zero-order valence-corrected chi connectivity index (χ0v) is 18.2. The van der Waals surface area contributed by atoms with E-state index in [9.17, 15) is 0 Å². The molecule has 2 heterocycles. The average Bonchev–Trinajstić information content (AvgIpc) is 2.88. The Morgan fingerprint density at radius 3 is 2.39 bits per heavy atom. The molecule has 3 N–H and O–H groups in total. The SMILES string of the molecule is CCNC(=NCCNC(C)(C)C)NC1CC2CCC(C1)N2Cc1ccccc1. The Labute approximate surface area is 171 Å². The largest absolute Gasteiger partial charge is 0.357 e. The number of rotatable bonds is 7. The number of benzene rings is 1. The van der Waals surface area contributed by atoms with E-state index in [0.29, 0.717) is 18.1 Å². The molecule has 2 bridgehead atoms. The Morgan fingerprint density at radius 2 is 1.79 bits per heavy atom. The van der Waals surface area contributed by atoms with Crippen molar-refractivity contribution in [3.8, 4) is 0 Å². The van der Waals surface area contributed by atoms with E-state index in [0.717, 1.165) is 32.1 Å². The van der Waals surface area contributed by atoms with Gasteiger partial charge in [0.1, 0.15) is 0 Å². The van der Waals surface area contributed by atoms with Crippen LogP contribution in [-0.4, -0.2) is 54.2 Å². The highest BCUT2D eigenvalue weighted by molar-refractivity contribution is 5.80. The maximum absolute atomic E-state index is 4.79. The van der Waals surface area contributed by atoms with Crippen LogP contribution in [0.15, 0.2) is 35.3 Å². The van der Waals surface area contributed by atoms with Gasteiger partial charge in [-0.25, -0.2) is 0 Å². The Hall–Kier alpha value is -1.59. The predicted octanol–water partition coefficient (Wildman–Crippen LogP) is 3.13. The van der Waals surface area contributed by atoms with Gasteiger partial charge in [0, 0.05) is 43.3 Å². The smallest absolute Gasteiger partial charge is 0.191 e. The van der Waals surface area contributed by atoms with E-state index in [-0.39, 0.29) is 5.54 Å². The van der Waals surface area contributed by atoms with Crippen molar-refractivity contribution < 1.29 is 0 Å². The second-order valence-electron chi connectivity index (χ2n) is 9.29. The number of guanidine groups is 1. The molecule has 5 nitrogen and oxygen atoms in total. The zero-order chi connectivity index (χ0) is 20.0. The normalized spacial score (nSPS) is 25.7. The Morgan fingerprint density at radius 1 is 1.11 bits per heavy atom. The standard InChI is InChI=1S/C23H39N5/c1-5-24-22(25-13-14-26-23(2,3)4)27-19-15-20-11-12-21(16-19)28(20)17-18-9-7-6-8-10-18/h6-10,19-21,26H,5,11-17H2,1-4H3,(H2,24,25,27). The third kappa shape index (κ3) is 6.21. The highest BCUT2D eigenvalue weighted by atomic mass is 15.3. The topological polar surface area (TPSA) is 51.7 Å². The molecule has 1 aromatic rings. The molecule has 0 saturated carbocycles. The summed E-state index contributed by atoms with van der Waals surface area (Å²) in [6.07, 6.45) is 5.10. The summed E-state index contributed by atoms with van der Waals surface area (Å²) in [6, 6.07) is 12.8. The third-order valence-electron chi connectivity index (χ3n) is 5.81. The summed E-state index contributed by atoms with van der Waals surface area (Å²) in [5.74, 6) is 0.971. The molecule has 2 saturated heterocycles. The van der Waals surface area contributed by atoms with Gasteiger partial charge in [0.05, 0.1) is 6.54 Å². The maximum Gasteiger partial charge on any atom is 0.191 e. The lowest BCUT2D eigenvalue weighted by atomic mass is 9.96. The van der Waals surface area contributed by atoms with Crippen LogP contribution in [0.3, 0.4) is 0 Å². The van der Waals surface area contributed by atoms with Gasteiger partial charge in [-0.2, -0.15) is 0 Å². The Kier molecular flexibility index (Phi) is 7.36. The molecule has 1 aromatic carbocycles. The van der Waals surface area contributed by atoms with Crippen molar-refractivity contribution in [2.45, 2.75) is 83.6 Å². The minimum atomic E-state index is 0.145. The van der Waals surface area contributed by atoms with Gasteiger partial charge in [0.2, 0.25) is 0 Å². The minimum absolute atomic E-state index is 0.145. The van der Waals surface area contributed by atoms with Gasteiger partial charge in [-0.1, -0.05) is 30.3 Å². The van der Waals surface area contributed by atoms with E-state index in [1.54, 1.807) is 0 Å². The summed E-state index contributed by atoms with van der Waals surface area (Å²) in [4.78, 5) is 7.53. The summed E-state index contributed by atoms with van der Waals surface area (Å²) in [7, 11) is 0. The van der Waals surface area contributed by atoms with Crippen molar-refractivity contribution in [1.29, 1.82) is 0 Å². The molecule has 2 aliphatic rings. The number of aliphatic imine (C=N–C) groups is 1. The molecule has 5 heteroatoms. The van der Waals surface area contributed by atoms with Gasteiger partial charge in [-0.3, -0.25) is 9.89 Å². The van der Waals surface area contributed by atoms with Crippen molar-refractivity contribution in [1.82, 2.24) is 20.9 Å². The summed E-state index contributed by atoms with van der Waals surface area (Å²) >= 11 is 0. The number of hydrogen-bond donors (Lipinski definition) is 3. The van der Waals surface area contributed by atoms with Gasteiger partial charge < -0.3 is 16.0 Å². The lowest BCUT2D eigenvalue weighted by molar-refractivity contribution is 0.114. The lowest BCUT2D eigenvalue weighted by Crippen LogP contribution is -2.52. The molecule has 0 radical (unpaired) electrons. The van der Waals surface area contributed by atoms with Crippen LogP contribution in [0.4, 0.5) is 0 Å². The van der Waals surface area contributed by atoms with Crippen molar-refractivity contribution >= 4 is 5.96 Å². The van der Waals surface area contributed by atoms with E-state index in [2.05, 4.69) is 78.9 Å². The Balaban J connectivity index is 1.52. The molecule has 28 heavy (non-hydrogen) atoms. The van der Waals surface area contributed by atoms with Crippen LogP contribution in [0.2, 0.25) is 0 Å². The molecule has 3 rings (SSSR count). The molecule has 2 aliphatic heterocycles. The number of nitrogens with one attached hydrogen (secondary N) is 3. The van der Waals surface area contributed by atoms with E-state index in [1.165, 1.54) is 31.2 Å². The van der Waals surface area contributed by atoms with Gasteiger partial charge >= 0.3 is 0 Å². The highest BCUT2D eigenvalue weighted by Crippen LogP contribution is 2.36. The highest BCUT2D eigenvalue weighted by Gasteiger charge is 2.40. The predicted molar refractivity (Wildman–Crippen MR) is 119 cm³/mol. The number of fused-ring (bicyclic) bond motifs is 2. The summed E-state index contributed by atoms with van der Waals surface area (Å²) < 4.78 is 0.